The molecule has 6 nitrogen and oxygen atoms in total. The molecule has 2 aliphatic rings. The highest BCUT2D eigenvalue weighted by molar-refractivity contribution is 8.16. The van der Waals surface area contributed by atoms with E-state index in [1.54, 1.807) is 43.3 Å². The fourth-order valence-electron chi connectivity index (χ4n) is 4.57. The maximum absolute atomic E-state index is 14.8. The second-order valence-electron chi connectivity index (χ2n) is 9.70. The van der Waals surface area contributed by atoms with Gasteiger partial charge in [-0.1, -0.05) is 42.0 Å². The van der Waals surface area contributed by atoms with E-state index in [2.05, 4.69) is 5.32 Å². The highest BCUT2D eigenvalue weighted by atomic mass is 32.2. The molecule has 42 heavy (non-hydrogen) atoms. The zero-order valence-electron chi connectivity index (χ0n) is 23.7. The van der Waals surface area contributed by atoms with Crippen LogP contribution in [0.1, 0.15) is 25.0 Å². The van der Waals surface area contributed by atoms with Crippen molar-refractivity contribution >= 4 is 28.5 Å². The van der Waals surface area contributed by atoms with Gasteiger partial charge in [0.2, 0.25) is 5.78 Å². The monoisotopic (exact) mass is 596 g/mol. The number of hydrogen-bond donors (Lipinski definition) is 1. The molecule has 10 heteroatoms. The lowest BCUT2D eigenvalue weighted by Crippen LogP contribution is -2.40. The number of halogens is 3. The first kappa shape index (κ1) is 30.8. The van der Waals surface area contributed by atoms with Gasteiger partial charge in [-0.05, 0) is 72.8 Å². The molecule has 1 aliphatic carbocycles. The summed E-state index contributed by atoms with van der Waals surface area (Å²) in [7, 11) is 3.30. The second-order valence-corrected chi connectivity index (χ2v) is 10.9. The van der Waals surface area contributed by atoms with Gasteiger partial charge in [-0.2, -0.15) is 0 Å². The minimum Gasteiger partial charge on any atom is -0.487 e. The third-order valence-electron chi connectivity index (χ3n) is 6.86. The van der Waals surface area contributed by atoms with E-state index in [1.165, 1.54) is 18.2 Å². The molecule has 4 rings (SSSR count). The Balaban J connectivity index is 1.49. The van der Waals surface area contributed by atoms with Gasteiger partial charge in [-0.25, -0.2) is 13.2 Å². The SMILES string of the molecule is CNC(=O)S/C(C)=C(\C)Cc1ccc(OCCOC2=C(c3ccc(F)c(F)c3)N(C)C3C=CC=CC=C3C2=O)c(F)c1. The molecule has 220 valence electrons. The predicted molar refractivity (Wildman–Crippen MR) is 158 cm³/mol. The van der Waals surface area contributed by atoms with Crippen LogP contribution in [-0.4, -0.2) is 49.3 Å². The maximum atomic E-state index is 14.8. The molecule has 2 aromatic carbocycles. The van der Waals surface area contributed by atoms with Crippen molar-refractivity contribution in [3.8, 4) is 5.75 Å². The molecule has 0 spiro atoms. The van der Waals surface area contributed by atoms with E-state index in [0.717, 1.165) is 39.9 Å². The van der Waals surface area contributed by atoms with Gasteiger partial charge >= 0.3 is 0 Å². The average Bonchev–Trinajstić information content (AvgIpc) is 3.23. The molecule has 1 atom stereocenters. The quantitative estimate of drug-likeness (QED) is 0.325. The number of nitrogens with one attached hydrogen (secondary N) is 1. The van der Waals surface area contributed by atoms with Crippen molar-refractivity contribution in [3.05, 3.63) is 117 Å². The van der Waals surface area contributed by atoms with Crippen molar-refractivity contribution in [2.75, 3.05) is 27.3 Å². The van der Waals surface area contributed by atoms with Gasteiger partial charge in [0.25, 0.3) is 5.24 Å². The van der Waals surface area contributed by atoms with E-state index < -0.39 is 29.3 Å². The van der Waals surface area contributed by atoms with Gasteiger partial charge < -0.3 is 19.7 Å². The van der Waals surface area contributed by atoms with Crippen molar-refractivity contribution in [1.82, 2.24) is 10.2 Å². The van der Waals surface area contributed by atoms with Crippen LogP contribution in [0.4, 0.5) is 18.0 Å². The minimum absolute atomic E-state index is 0.0177. The highest BCUT2D eigenvalue weighted by Crippen LogP contribution is 2.36. The van der Waals surface area contributed by atoms with Gasteiger partial charge in [-0.3, -0.25) is 9.59 Å². The van der Waals surface area contributed by atoms with Gasteiger partial charge in [0.1, 0.15) is 13.2 Å². The fourth-order valence-corrected chi connectivity index (χ4v) is 5.19. The molecule has 2 aromatic rings. The molecule has 0 bridgehead atoms. The number of likely N-dealkylation sites (N-methyl/N-ethyl adjacent to an activating group) is 1. The number of benzene rings is 2. The van der Waals surface area contributed by atoms with E-state index in [1.807, 2.05) is 26.0 Å². The van der Waals surface area contributed by atoms with E-state index in [9.17, 15) is 22.8 Å². The number of carbonyl (C=O) groups is 2. The van der Waals surface area contributed by atoms with Crippen molar-refractivity contribution in [2.45, 2.75) is 26.3 Å². The van der Waals surface area contributed by atoms with Gasteiger partial charge in [-0.15, -0.1) is 0 Å². The number of ketones is 1. The summed E-state index contributed by atoms with van der Waals surface area (Å²) in [6.07, 6.45) is 9.33. The first-order valence-electron chi connectivity index (χ1n) is 13.2. The number of fused-ring (bicyclic) bond motifs is 1. The third kappa shape index (κ3) is 6.99. The lowest BCUT2D eigenvalue weighted by atomic mass is 9.91. The molecule has 0 fully saturated rings. The number of Topliss-reactive ketones (excluding diaryl/α,β-unsaturated/α-hetero) is 1. The van der Waals surface area contributed by atoms with Crippen LogP contribution in [0, 0.1) is 17.5 Å². The van der Waals surface area contributed by atoms with E-state index in [0.29, 0.717) is 17.7 Å². The number of amides is 1. The smallest absolute Gasteiger partial charge is 0.283 e. The number of thioether (sulfide) groups is 1. The molecular weight excluding hydrogens is 565 g/mol. The lowest BCUT2D eigenvalue weighted by molar-refractivity contribution is -0.116. The number of nitrogens with zero attached hydrogens (tertiary/aromatic N) is 1. The number of rotatable bonds is 9. The summed E-state index contributed by atoms with van der Waals surface area (Å²) < 4.78 is 54.2. The Hall–Kier alpha value is -4.18. The molecule has 1 unspecified atom stereocenters. The molecule has 1 aliphatic heterocycles. The lowest BCUT2D eigenvalue weighted by Gasteiger charge is -2.37. The summed E-state index contributed by atoms with van der Waals surface area (Å²) in [5, 5.41) is 2.38. The predicted octanol–water partition coefficient (Wildman–Crippen LogP) is 6.71. The molecule has 1 heterocycles. The number of ether oxygens (including phenoxy) is 2. The van der Waals surface area contributed by atoms with E-state index in [-0.39, 0.29) is 35.5 Å². The van der Waals surface area contributed by atoms with Crippen molar-refractivity contribution < 1.29 is 32.2 Å². The van der Waals surface area contributed by atoms with Crippen molar-refractivity contribution in [1.29, 1.82) is 0 Å². The Labute approximate surface area is 247 Å². The first-order chi connectivity index (χ1) is 20.1. The van der Waals surface area contributed by atoms with Crippen LogP contribution in [0.3, 0.4) is 0 Å². The molecule has 0 aromatic heterocycles. The van der Waals surface area contributed by atoms with Crippen LogP contribution in [0.15, 0.2) is 88.6 Å². The van der Waals surface area contributed by atoms with Gasteiger partial charge in [0.05, 0.1) is 11.7 Å². The average molecular weight is 597 g/mol. The number of allylic oxidation sites excluding steroid dienone is 7. The Bertz CT molecular complexity index is 1540. The van der Waals surface area contributed by atoms with Crippen LogP contribution in [0.2, 0.25) is 0 Å². The van der Waals surface area contributed by atoms with Crippen LogP contribution in [0.25, 0.3) is 5.70 Å². The van der Waals surface area contributed by atoms with Gasteiger partial charge in [0.15, 0.2) is 29.0 Å². The maximum Gasteiger partial charge on any atom is 0.283 e. The van der Waals surface area contributed by atoms with Crippen molar-refractivity contribution in [3.63, 3.8) is 0 Å². The highest BCUT2D eigenvalue weighted by Gasteiger charge is 2.37. The first-order valence-corrected chi connectivity index (χ1v) is 14.0. The normalized spacial score (nSPS) is 16.9. The Morgan fingerprint density at radius 1 is 0.976 bits per heavy atom. The summed E-state index contributed by atoms with van der Waals surface area (Å²) in [5.74, 6) is -3.02. The molecule has 1 N–H and O–H groups in total. The summed E-state index contributed by atoms with van der Waals surface area (Å²) in [5.41, 5.74) is 2.70. The zero-order valence-corrected chi connectivity index (χ0v) is 24.5. The van der Waals surface area contributed by atoms with E-state index >= 15 is 0 Å². The second kappa shape index (κ2) is 13.7. The Kier molecular flexibility index (Phi) is 10.0. The summed E-state index contributed by atoms with van der Waals surface area (Å²) >= 11 is 1.09. The summed E-state index contributed by atoms with van der Waals surface area (Å²) in [6.45, 7) is 3.54. The summed E-state index contributed by atoms with van der Waals surface area (Å²) in [4.78, 5) is 27.7. The van der Waals surface area contributed by atoms with E-state index in [4.69, 9.17) is 9.47 Å². The van der Waals surface area contributed by atoms with Crippen LogP contribution in [0.5, 0.6) is 5.75 Å². The summed E-state index contributed by atoms with van der Waals surface area (Å²) in [6, 6.07) is 7.61. The Morgan fingerprint density at radius 3 is 2.45 bits per heavy atom. The molecule has 0 radical (unpaired) electrons. The van der Waals surface area contributed by atoms with Crippen molar-refractivity contribution in [2.24, 2.45) is 0 Å². The molecular formula is C32H31F3N2O4S. The standard InChI is InChI=1S/C32H31F3N2O4S/c1-19(20(2)42-32(39)36-3)16-21-10-13-28(26(35)17-21)40-14-15-41-31-29(22-11-12-24(33)25(34)18-22)37(4)27-9-7-5-6-8-23(27)30(31)38/h5-13,17-18,27H,14-16H2,1-4H3,(H,36,39)/b20-19+. The Morgan fingerprint density at radius 2 is 1.74 bits per heavy atom. The van der Waals surface area contributed by atoms with Crippen LogP contribution < -0.4 is 10.1 Å². The number of carbonyl (C=O) groups excluding carboxylic acids is 2. The van der Waals surface area contributed by atoms with Gasteiger partial charge in [0, 0.05) is 25.2 Å². The third-order valence-corrected chi connectivity index (χ3v) is 7.90. The fraction of sp³-hybridized carbons (Fsp3) is 0.250. The largest absolute Gasteiger partial charge is 0.487 e. The molecule has 0 saturated carbocycles. The van der Waals surface area contributed by atoms with Crippen LogP contribution >= 0.6 is 11.8 Å². The van der Waals surface area contributed by atoms with Crippen LogP contribution in [-0.2, 0) is 16.0 Å². The zero-order chi connectivity index (χ0) is 30.4. The molecule has 1 amide bonds. The minimum atomic E-state index is -1.05. The number of hydrogen-bond acceptors (Lipinski definition) is 6. The molecule has 0 saturated heterocycles. The topological polar surface area (TPSA) is 67.9 Å².